The molecule has 0 heterocycles. The van der Waals surface area contributed by atoms with E-state index in [0.29, 0.717) is 22.1 Å². The van der Waals surface area contributed by atoms with Crippen LogP contribution in [0.15, 0.2) is 42.5 Å². The third-order valence-electron chi connectivity index (χ3n) is 3.57. The summed E-state index contributed by atoms with van der Waals surface area (Å²) in [7, 11) is 0. The van der Waals surface area contributed by atoms with Gasteiger partial charge in [0.2, 0.25) is 11.8 Å². The first-order chi connectivity index (χ1) is 13.6. The summed E-state index contributed by atoms with van der Waals surface area (Å²) in [5.74, 6) is -2.01. The molecule has 2 aromatic rings. The van der Waals surface area contributed by atoms with Gasteiger partial charge in [0.05, 0.1) is 5.56 Å². The van der Waals surface area contributed by atoms with Gasteiger partial charge in [-0.05, 0) is 49.4 Å². The van der Waals surface area contributed by atoms with Crippen molar-refractivity contribution in [1.29, 1.82) is 0 Å². The van der Waals surface area contributed by atoms with E-state index >= 15 is 0 Å². The summed E-state index contributed by atoms with van der Waals surface area (Å²) in [4.78, 5) is 47.4. The van der Waals surface area contributed by atoms with Crippen molar-refractivity contribution < 1.29 is 23.9 Å². The molecule has 0 saturated heterocycles. The molecular weight excluding hydrogens is 398 g/mol. The van der Waals surface area contributed by atoms with Crippen LogP contribution in [0.2, 0.25) is 5.02 Å². The number of hydrogen-bond donors (Lipinski definition) is 3. The number of anilines is 3. The Balaban J connectivity index is 2.12. The maximum absolute atomic E-state index is 12.5. The summed E-state index contributed by atoms with van der Waals surface area (Å²) in [6.07, 6.45) is -1.09. The van der Waals surface area contributed by atoms with Crippen molar-refractivity contribution in [3.8, 4) is 0 Å². The van der Waals surface area contributed by atoms with E-state index in [-0.39, 0.29) is 17.4 Å². The van der Waals surface area contributed by atoms with Gasteiger partial charge in [-0.2, -0.15) is 0 Å². The van der Waals surface area contributed by atoms with Gasteiger partial charge in [-0.25, -0.2) is 4.79 Å². The quantitative estimate of drug-likeness (QED) is 0.623. The zero-order valence-corrected chi connectivity index (χ0v) is 16.8. The van der Waals surface area contributed by atoms with E-state index in [1.54, 1.807) is 24.3 Å². The largest absolute Gasteiger partial charge is 0.449 e. The molecule has 2 aromatic carbocycles. The Bertz CT molecular complexity index is 909. The summed E-state index contributed by atoms with van der Waals surface area (Å²) >= 11 is 5.80. The smallest absolute Gasteiger partial charge is 0.339 e. The van der Waals surface area contributed by atoms with Crippen molar-refractivity contribution >= 4 is 52.4 Å². The van der Waals surface area contributed by atoms with Crippen LogP contribution in [-0.4, -0.2) is 29.8 Å². The molecule has 9 heteroatoms. The Kier molecular flexibility index (Phi) is 7.33. The van der Waals surface area contributed by atoms with E-state index in [9.17, 15) is 19.2 Å². The van der Waals surface area contributed by atoms with Gasteiger partial charge in [-0.3, -0.25) is 14.4 Å². The molecule has 0 aliphatic carbocycles. The number of halogens is 1. The van der Waals surface area contributed by atoms with Crippen molar-refractivity contribution in [2.45, 2.75) is 26.9 Å². The Morgan fingerprint density at radius 3 is 1.83 bits per heavy atom. The van der Waals surface area contributed by atoms with Gasteiger partial charge in [0, 0.05) is 35.9 Å². The van der Waals surface area contributed by atoms with Crippen LogP contribution < -0.4 is 16.0 Å². The van der Waals surface area contributed by atoms with Gasteiger partial charge in [-0.1, -0.05) is 11.6 Å². The highest BCUT2D eigenvalue weighted by Crippen LogP contribution is 2.21. The van der Waals surface area contributed by atoms with Gasteiger partial charge < -0.3 is 20.7 Å². The second-order valence-corrected chi connectivity index (χ2v) is 6.64. The lowest BCUT2D eigenvalue weighted by Gasteiger charge is -2.15. The van der Waals surface area contributed by atoms with Gasteiger partial charge >= 0.3 is 5.97 Å². The molecule has 3 amide bonds. The molecule has 1 atom stereocenters. The Morgan fingerprint density at radius 1 is 0.828 bits per heavy atom. The summed E-state index contributed by atoms with van der Waals surface area (Å²) in [5, 5.41) is 8.21. The highest BCUT2D eigenvalue weighted by molar-refractivity contribution is 6.30. The van der Waals surface area contributed by atoms with Crippen LogP contribution >= 0.6 is 11.6 Å². The van der Waals surface area contributed by atoms with E-state index < -0.39 is 18.0 Å². The fraction of sp³-hybridized carbons (Fsp3) is 0.200. The molecule has 29 heavy (non-hydrogen) atoms. The SMILES string of the molecule is CC(=O)Nc1cc(NC(C)=O)cc(C(=O)O[C@H](C)C(=O)Nc2ccc(Cl)cc2)c1. The maximum atomic E-state index is 12.5. The van der Waals surface area contributed by atoms with Gasteiger partial charge in [0.25, 0.3) is 5.91 Å². The zero-order valence-electron chi connectivity index (χ0n) is 16.0. The summed E-state index contributed by atoms with van der Waals surface area (Å²) in [6.45, 7) is 4.05. The van der Waals surface area contributed by atoms with Crippen LogP contribution in [0, 0.1) is 0 Å². The maximum Gasteiger partial charge on any atom is 0.339 e. The standard InChI is InChI=1S/C20H20ClN3O5/c1-11(19(27)24-16-6-4-15(21)5-7-16)29-20(28)14-8-17(22-12(2)25)10-18(9-14)23-13(3)26/h4-11H,1-3H3,(H,22,25)(H,23,26)(H,24,27)/t11-/m1/s1. The molecular formula is C20H20ClN3O5. The second-order valence-electron chi connectivity index (χ2n) is 6.21. The predicted molar refractivity (Wildman–Crippen MR) is 110 cm³/mol. The fourth-order valence-corrected chi connectivity index (χ4v) is 2.48. The molecule has 0 bridgehead atoms. The minimum atomic E-state index is -1.09. The van der Waals surface area contributed by atoms with E-state index in [2.05, 4.69) is 16.0 Å². The number of ether oxygens (including phenoxy) is 1. The number of amides is 3. The monoisotopic (exact) mass is 417 g/mol. The molecule has 0 aliphatic heterocycles. The van der Waals surface area contributed by atoms with Crippen LogP contribution in [-0.2, 0) is 19.1 Å². The topological polar surface area (TPSA) is 114 Å². The first-order valence-corrected chi connectivity index (χ1v) is 8.99. The van der Waals surface area contributed by atoms with Crippen molar-refractivity contribution in [3.05, 3.63) is 53.1 Å². The minimum absolute atomic E-state index is 0.0612. The number of hydrogen-bond acceptors (Lipinski definition) is 5. The zero-order chi connectivity index (χ0) is 21.6. The van der Waals surface area contributed by atoms with E-state index in [1.165, 1.54) is 39.0 Å². The number of rotatable bonds is 6. The molecule has 0 saturated carbocycles. The summed E-state index contributed by atoms with van der Waals surface area (Å²) in [5.41, 5.74) is 1.16. The molecule has 2 rings (SSSR count). The summed E-state index contributed by atoms with van der Waals surface area (Å²) in [6, 6.07) is 10.7. The number of benzene rings is 2. The van der Waals surface area contributed by atoms with E-state index in [4.69, 9.17) is 16.3 Å². The number of nitrogens with one attached hydrogen (secondary N) is 3. The van der Waals surface area contributed by atoms with Crippen molar-refractivity contribution in [2.75, 3.05) is 16.0 Å². The highest BCUT2D eigenvalue weighted by Gasteiger charge is 2.20. The third kappa shape index (κ3) is 6.93. The number of carbonyl (C=O) groups is 4. The van der Waals surface area contributed by atoms with Gasteiger partial charge in [0.1, 0.15) is 0 Å². The van der Waals surface area contributed by atoms with E-state index in [0.717, 1.165) is 0 Å². The van der Waals surface area contributed by atoms with Gasteiger partial charge in [0.15, 0.2) is 6.10 Å². The average molecular weight is 418 g/mol. The first-order valence-electron chi connectivity index (χ1n) is 8.61. The normalized spacial score (nSPS) is 11.2. The molecule has 0 unspecified atom stereocenters. The van der Waals surface area contributed by atoms with Crippen LogP contribution in [0.1, 0.15) is 31.1 Å². The lowest BCUT2D eigenvalue weighted by Crippen LogP contribution is -2.30. The van der Waals surface area contributed by atoms with Crippen molar-refractivity contribution in [3.63, 3.8) is 0 Å². The van der Waals surface area contributed by atoms with E-state index in [1.807, 2.05) is 0 Å². The molecule has 8 nitrogen and oxygen atoms in total. The number of carbonyl (C=O) groups excluding carboxylic acids is 4. The predicted octanol–water partition coefficient (Wildman–Crippen LogP) is 3.44. The third-order valence-corrected chi connectivity index (χ3v) is 3.83. The first kappa shape index (κ1) is 21.9. The van der Waals surface area contributed by atoms with Crippen LogP contribution in [0.25, 0.3) is 0 Å². The van der Waals surface area contributed by atoms with Crippen LogP contribution in [0.4, 0.5) is 17.1 Å². The average Bonchev–Trinajstić information content (AvgIpc) is 2.62. The Labute approximate surface area is 172 Å². The van der Waals surface area contributed by atoms with Crippen molar-refractivity contribution in [1.82, 2.24) is 0 Å². The minimum Gasteiger partial charge on any atom is -0.449 e. The van der Waals surface area contributed by atoms with Gasteiger partial charge in [-0.15, -0.1) is 0 Å². The molecule has 3 N–H and O–H groups in total. The second kappa shape index (κ2) is 9.70. The molecule has 0 spiro atoms. The Morgan fingerprint density at radius 2 is 1.34 bits per heavy atom. The molecule has 0 aromatic heterocycles. The fourth-order valence-electron chi connectivity index (χ4n) is 2.36. The molecule has 0 aliphatic rings. The molecule has 0 fully saturated rings. The molecule has 152 valence electrons. The lowest BCUT2D eigenvalue weighted by atomic mass is 10.1. The molecule has 0 radical (unpaired) electrons. The Hall–Kier alpha value is -3.39. The lowest BCUT2D eigenvalue weighted by molar-refractivity contribution is -0.123. The van der Waals surface area contributed by atoms with Crippen LogP contribution in [0.5, 0.6) is 0 Å². The van der Waals surface area contributed by atoms with Crippen LogP contribution in [0.3, 0.4) is 0 Å². The highest BCUT2D eigenvalue weighted by atomic mass is 35.5. The van der Waals surface area contributed by atoms with Crippen molar-refractivity contribution in [2.24, 2.45) is 0 Å². The number of esters is 1. The summed E-state index contributed by atoms with van der Waals surface area (Å²) < 4.78 is 5.21.